The lowest BCUT2D eigenvalue weighted by Crippen LogP contribution is -2.08. The first kappa shape index (κ1) is 13.1. The first-order valence-electron chi connectivity index (χ1n) is 6.29. The zero-order chi connectivity index (χ0) is 12.8. The van der Waals surface area contributed by atoms with E-state index in [2.05, 4.69) is 11.8 Å². The highest BCUT2D eigenvalue weighted by Crippen LogP contribution is 2.22. The fraction of sp³-hybridized carbons (Fsp3) is 0.467. The topological polar surface area (TPSA) is 29.5 Å². The summed E-state index contributed by atoms with van der Waals surface area (Å²) in [6.45, 7) is 0.236. The van der Waals surface area contributed by atoms with E-state index >= 15 is 0 Å². The number of ether oxygens (including phenoxy) is 1. The molecule has 0 radical (unpaired) electrons. The van der Waals surface area contributed by atoms with Gasteiger partial charge in [-0.2, -0.15) is 0 Å². The van der Waals surface area contributed by atoms with Crippen molar-refractivity contribution >= 4 is 0 Å². The van der Waals surface area contributed by atoms with E-state index in [1.54, 1.807) is 6.07 Å². The molecular weight excluding hydrogens is 231 g/mol. The Bertz CT molecular complexity index is 453. The molecule has 0 aliphatic heterocycles. The van der Waals surface area contributed by atoms with Crippen LogP contribution in [0.5, 0.6) is 0 Å². The lowest BCUT2D eigenvalue weighted by molar-refractivity contribution is 0.0455. The first-order chi connectivity index (χ1) is 8.79. The number of hydrogen-bond donors (Lipinski definition) is 1. The third-order valence-corrected chi connectivity index (χ3v) is 3.15. The number of benzene rings is 1. The third kappa shape index (κ3) is 3.56. The number of hydrogen-bond acceptors (Lipinski definition) is 2. The minimum absolute atomic E-state index is 0.223. The second kappa shape index (κ2) is 6.53. The maximum Gasteiger partial charge on any atom is 0.124 e. The molecule has 0 amide bonds. The number of halogens is 1. The molecule has 0 saturated heterocycles. The Morgan fingerprint density at radius 1 is 1.33 bits per heavy atom. The lowest BCUT2D eigenvalue weighted by Gasteiger charge is -2.12. The number of rotatable bonds is 3. The maximum atomic E-state index is 13.1. The fourth-order valence-corrected chi connectivity index (χ4v) is 2.19. The Morgan fingerprint density at radius 2 is 2.11 bits per heavy atom. The van der Waals surface area contributed by atoms with Crippen LogP contribution < -0.4 is 0 Å². The van der Waals surface area contributed by atoms with Gasteiger partial charge in [0, 0.05) is 5.56 Å². The van der Waals surface area contributed by atoms with E-state index in [9.17, 15) is 4.39 Å². The van der Waals surface area contributed by atoms with Gasteiger partial charge in [-0.15, -0.1) is 0 Å². The molecule has 0 bridgehead atoms. The summed E-state index contributed by atoms with van der Waals surface area (Å²) < 4.78 is 18.9. The summed E-state index contributed by atoms with van der Waals surface area (Å²) in [5.41, 5.74) is 1.48. The molecule has 1 fully saturated rings. The quantitative estimate of drug-likeness (QED) is 0.833. The molecule has 0 spiro atoms. The van der Waals surface area contributed by atoms with Crippen molar-refractivity contribution in [1.29, 1.82) is 0 Å². The van der Waals surface area contributed by atoms with E-state index in [1.165, 1.54) is 25.0 Å². The average Bonchev–Trinajstić information content (AvgIpc) is 2.88. The molecule has 0 aromatic heterocycles. The molecule has 2 rings (SSSR count). The van der Waals surface area contributed by atoms with E-state index in [0.717, 1.165) is 18.4 Å². The molecule has 1 saturated carbocycles. The Morgan fingerprint density at radius 3 is 2.83 bits per heavy atom. The molecule has 1 aliphatic carbocycles. The molecule has 2 nitrogen and oxygen atoms in total. The van der Waals surface area contributed by atoms with Crippen LogP contribution in [0, 0.1) is 17.7 Å². The summed E-state index contributed by atoms with van der Waals surface area (Å²) in [6, 6.07) is 4.50. The predicted octanol–water partition coefficient (Wildman–Crippen LogP) is 2.63. The largest absolute Gasteiger partial charge is 0.384 e. The van der Waals surface area contributed by atoms with Gasteiger partial charge in [-0.3, -0.25) is 0 Å². The van der Waals surface area contributed by atoms with Crippen LogP contribution >= 0.6 is 0 Å². The highest BCUT2D eigenvalue weighted by molar-refractivity contribution is 5.41. The predicted molar refractivity (Wildman–Crippen MR) is 67.4 cm³/mol. The summed E-state index contributed by atoms with van der Waals surface area (Å²) in [5.74, 6) is 4.98. The van der Waals surface area contributed by atoms with Gasteiger partial charge in [0.15, 0.2) is 0 Å². The molecular formula is C15H17FO2. The molecule has 0 unspecified atom stereocenters. The van der Waals surface area contributed by atoms with Crippen molar-refractivity contribution in [3.63, 3.8) is 0 Å². The van der Waals surface area contributed by atoms with Crippen LogP contribution in [0.25, 0.3) is 0 Å². The molecule has 96 valence electrons. The summed E-state index contributed by atoms with van der Waals surface area (Å²) in [6.07, 6.45) is 5.00. The zero-order valence-electron chi connectivity index (χ0n) is 10.3. The Hall–Kier alpha value is -1.37. The second-order valence-electron chi connectivity index (χ2n) is 4.48. The van der Waals surface area contributed by atoms with Crippen LogP contribution in [0.4, 0.5) is 4.39 Å². The van der Waals surface area contributed by atoms with Gasteiger partial charge in [-0.05, 0) is 30.5 Å². The van der Waals surface area contributed by atoms with Crippen molar-refractivity contribution in [1.82, 2.24) is 0 Å². The van der Waals surface area contributed by atoms with Gasteiger partial charge in [0.2, 0.25) is 0 Å². The van der Waals surface area contributed by atoms with Crippen molar-refractivity contribution in [2.24, 2.45) is 0 Å². The molecule has 1 aromatic rings. The van der Waals surface area contributed by atoms with E-state index in [0.29, 0.717) is 18.3 Å². The van der Waals surface area contributed by atoms with Gasteiger partial charge in [0.1, 0.15) is 12.4 Å². The van der Waals surface area contributed by atoms with E-state index in [1.807, 2.05) is 0 Å². The molecule has 1 aliphatic rings. The van der Waals surface area contributed by atoms with Gasteiger partial charge < -0.3 is 9.84 Å². The zero-order valence-corrected chi connectivity index (χ0v) is 10.3. The minimum Gasteiger partial charge on any atom is -0.384 e. The fourth-order valence-electron chi connectivity index (χ4n) is 2.19. The summed E-state index contributed by atoms with van der Waals surface area (Å²) in [7, 11) is 0. The van der Waals surface area contributed by atoms with Crippen molar-refractivity contribution in [3.05, 3.63) is 35.1 Å². The Labute approximate surface area is 107 Å². The van der Waals surface area contributed by atoms with Crippen molar-refractivity contribution in [3.8, 4) is 11.8 Å². The lowest BCUT2D eigenvalue weighted by atomic mass is 10.1. The number of aliphatic hydroxyl groups is 1. The smallest absolute Gasteiger partial charge is 0.124 e. The second-order valence-corrected chi connectivity index (χ2v) is 4.48. The van der Waals surface area contributed by atoms with Gasteiger partial charge in [0.05, 0.1) is 12.7 Å². The van der Waals surface area contributed by atoms with E-state index in [-0.39, 0.29) is 12.4 Å². The highest BCUT2D eigenvalue weighted by atomic mass is 19.1. The van der Waals surface area contributed by atoms with Gasteiger partial charge in [0.25, 0.3) is 0 Å². The summed E-state index contributed by atoms with van der Waals surface area (Å²) >= 11 is 0. The first-order valence-corrected chi connectivity index (χ1v) is 6.29. The molecule has 3 heteroatoms. The Kier molecular flexibility index (Phi) is 4.74. The average molecular weight is 248 g/mol. The van der Waals surface area contributed by atoms with Crippen molar-refractivity contribution in [2.45, 2.75) is 38.4 Å². The SMILES string of the molecule is OCC#Cc1cc(F)ccc1COC1CCCC1. The van der Waals surface area contributed by atoms with Crippen LogP contribution in [0.1, 0.15) is 36.8 Å². The molecule has 1 N–H and O–H groups in total. The molecule has 1 aromatic carbocycles. The minimum atomic E-state index is -0.318. The molecule has 0 atom stereocenters. The number of aliphatic hydroxyl groups excluding tert-OH is 1. The van der Waals surface area contributed by atoms with Gasteiger partial charge in [-0.1, -0.05) is 30.7 Å². The monoisotopic (exact) mass is 248 g/mol. The van der Waals surface area contributed by atoms with E-state index in [4.69, 9.17) is 9.84 Å². The Balaban J connectivity index is 2.05. The van der Waals surface area contributed by atoms with Gasteiger partial charge in [-0.25, -0.2) is 4.39 Å². The standard InChI is InChI=1S/C15H17FO2/c16-14-8-7-13(12(10-14)4-3-9-17)11-18-15-5-1-2-6-15/h7-8,10,15,17H,1-2,5-6,9,11H2. The third-order valence-electron chi connectivity index (χ3n) is 3.15. The van der Waals surface area contributed by atoms with Crippen LogP contribution in [0.15, 0.2) is 18.2 Å². The highest BCUT2D eigenvalue weighted by Gasteiger charge is 2.15. The summed E-state index contributed by atoms with van der Waals surface area (Å²) in [4.78, 5) is 0. The molecule has 18 heavy (non-hydrogen) atoms. The van der Waals surface area contributed by atoms with Gasteiger partial charge >= 0.3 is 0 Å². The maximum absolute atomic E-state index is 13.1. The van der Waals surface area contributed by atoms with Crippen molar-refractivity contribution < 1.29 is 14.2 Å². The summed E-state index contributed by atoms with van der Waals surface area (Å²) in [5, 5.41) is 8.69. The van der Waals surface area contributed by atoms with Crippen LogP contribution in [0.3, 0.4) is 0 Å². The van der Waals surface area contributed by atoms with Crippen molar-refractivity contribution in [2.75, 3.05) is 6.61 Å². The van der Waals surface area contributed by atoms with Crippen LogP contribution in [-0.4, -0.2) is 17.8 Å². The van der Waals surface area contributed by atoms with E-state index < -0.39 is 0 Å². The van der Waals surface area contributed by atoms with Crippen LogP contribution in [0.2, 0.25) is 0 Å². The molecule has 0 heterocycles. The normalized spacial score (nSPS) is 15.4. The van der Waals surface area contributed by atoms with Crippen LogP contribution in [-0.2, 0) is 11.3 Å².